The van der Waals surface area contributed by atoms with Crippen molar-refractivity contribution in [1.82, 2.24) is 0 Å². The molecule has 0 aliphatic rings. The number of rotatable bonds is 8. The van der Waals surface area contributed by atoms with Gasteiger partial charge in [0.2, 0.25) is 0 Å². The third-order valence-electron chi connectivity index (χ3n) is 3.62. The first-order valence-electron chi connectivity index (χ1n) is 8.23. The summed E-state index contributed by atoms with van der Waals surface area (Å²) in [4.78, 5) is 0. The number of hydrogen-bond donors (Lipinski definition) is 0. The minimum Gasteiger partial charge on any atom is -0.491 e. The van der Waals surface area contributed by atoms with Crippen LogP contribution in [-0.2, 0) is 0 Å². The molecule has 2 aromatic carbocycles. The molecule has 0 aliphatic carbocycles. The summed E-state index contributed by atoms with van der Waals surface area (Å²) in [5.74, 6) is 0.546. The van der Waals surface area contributed by atoms with Crippen LogP contribution in [0.15, 0.2) is 42.5 Å². The van der Waals surface area contributed by atoms with Crippen molar-refractivity contribution in [3.63, 3.8) is 0 Å². The fourth-order valence-corrected chi connectivity index (χ4v) is 2.29. The van der Waals surface area contributed by atoms with Gasteiger partial charge in [-0.1, -0.05) is 38.0 Å². The van der Waals surface area contributed by atoms with Crippen LogP contribution in [-0.4, -0.2) is 12.7 Å². The molecule has 0 bridgehead atoms. The lowest BCUT2D eigenvalue weighted by Gasteiger charge is -2.10. The zero-order valence-corrected chi connectivity index (χ0v) is 14.1. The average Bonchev–Trinajstić information content (AvgIpc) is 2.60. The number of unbranched alkanes of at least 4 members (excludes halogenated alkanes) is 2. The van der Waals surface area contributed by atoms with E-state index in [0.717, 1.165) is 30.4 Å². The van der Waals surface area contributed by atoms with E-state index < -0.39 is 6.10 Å². The van der Waals surface area contributed by atoms with Crippen molar-refractivity contribution in [3.05, 3.63) is 48.3 Å². The van der Waals surface area contributed by atoms with Crippen LogP contribution in [0.25, 0.3) is 11.1 Å². The van der Waals surface area contributed by atoms with E-state index in [1.807, 2.05) is 24.3 Å². The molecule has 4 heteroatoms. The fraction of sp³-hybridized carbons (Fsp3) is 0.350. The number of hydrogen-bond acceptors (Lipinski definition) is 3. The third-order valence-corrected chi connectivity index (χ3v) is 3.62. The average molecular weight is 327 g/mol. The fourth-order valence-electron chi connectivity index (χ4n) is 2.29. The van der Waals surface area contributed by atoms with E-state index in [1.165, 1.54) is 6.07 Å². The van der Waals surface area contributed by atoms with E-state index in [0.29, 0.717) is 12.4 Å². The molecule has 24 heavy (non-hydrogen) atoms. The molecule has 2 aromatic rings. The van der Waals surface area contributed by atoms with Gasteiger partial charge in [0.05, 0.1) is 6.61 Å². The summed E-state index contributed by atoms with van der Waals surface area (Å²) >= 11 is 0. The van der Waals surface area contributed by atoms with Gasteiger partial charge in [-0.15, -0.1) is 0 Å². The Labute approximate surface area is 142 Å². The summed E-state index contributed by atoms with van der Waals surface area (Å²) in [6, 6.07) is 14.2. The Balaban J connectivity index is 2.04. The lowest BCUT2D eigenvalue weighted by molar-refractivity contribution is 0.276. The van der Waals surface area contributed by atoms with Gasteiger partial charge in [0.15, 0.2) is 17.7 Å². The number of nitrogens with zero attached hydrogens (tertiary/aromatic N) is 1. The van der Waals surface area contributed by atoms with Gasteiger partial charge in [-0.05, 0) is 48.7 Å². The van der Waals surface area contributed by atoms with Crippen molar-refractivity contribution in [3.8, 4) is 28.7 Å². The van der Waals surface area contributed by atoms with E-state index in [4.69, 9.17) is 14.7 Å². The van der Waals surface area contributed by atoms with Crippen molar-refractivity contribution < 1.29 is 13.9 Å². The van der Waals surface area contributed by atoms with Crippen LogP contribution in [0.2, 0.25) is 0 Å². The van der Waals surface area contributed by atoms with Gasteiger partial charge in [-0.2, -0.15) is 5.26 Å². The van der Waals surface area contributed by atoms with E-state index in [1.54, 1.807) is 25.1 Å². The first-order valence-corrected chi connectivity index (χ1v) is 8.23. The second-order valence-electron chi connectivity index (χ2n) is 5.61. The van der Waals surface area contributed by atoms with Gasteiger partial charge < -0.3 is 9.47 Å². The van der Waals surface area contributed by atoms with Crippen molar-refractivity contribution in [2.24, 2.45) is 0 Å². The topological polar surface area (TPSA) is 42.2 Å². The van der Waals surface area contributed by atoms with Gasteiger partial charge in [-0.25, -0.2) is 4.39 Å². The molecule has 0 fully saturated rings. The van der Waals surface area contributed by atoms with E-state index in [9.17, 15) is 4.39 Å². The predicted octanol–water partition coefficient (Wildman–Crippen LogP) is 5.35. The minimum atomic E-state index is -0.502. The Morgan fingerprint density at radius 2 is 1.79 bits per heavy atom. The Kier molecular flexibility index (Phi) is 6.62. The summed E-state index contributed by atoms with van der Waals surface area (Å²) in [7, 11) is 0. The van der Waals surface area contributed by atoms with Crippen molar-refractivity contribution in [1.29, 1.82) is 5.26 Å². The molecule has 1 unspecified atom stereocenters. The molecule has 1 atom stereocenters. The number of halogens is 1. The Hall–Kier alpha value is -2.54. The first-order chi connectivity index (χ1) is 11.6. The highest BCUT2D eigenvalue weighted by Crippen LogP contribution is 2.27. The summed E-state index contributed by atoms with van der Waals surface area (Å²) in [6.45, 7) is 4.34. The third kappa shape index (κ3) is 4.99. The molecular formula is C20H22FNO2. The second-order valence-corrected chi connectivity index (χ2v) is 5.61. The van der Waals surface area contributed by atoms with Crippen LogP contribution in [0.5, 0.6) is 11.5 Å². The zero-order chi connectivity index (χ0) is 17.4. The lowest BCUT2D eigenvalue weighted by atomic mass is 10.1. The molecule has 126 valence electrons. The lowest BCUT2D eigenvalue weighted by Crippen LogP contribution is -2.07. The van der Waals surface area contributed by atoms with Crippen molar-refractivity contribution >= 4 is 0 Å². The molecule has 0 saturated carbocycles. The monoisotopic (exact) mass is 327 g/mol. The number of benzene rings is 2. The van der Waals surface area contributed by atoms with Crippen LogP contribution < -0.4 is 9.47 Å². The molecule has 0 aromatic heterocycles. The zero-order valence-electron chi connectivity index (χ0n) is 14.1. The van der Waals surface area contributed by atoms with Gasteiger partial charge >= 0.3 is 0 Å². The highest BCUT2D eigenvalue weighted by molar-refractivity contribution is 5.65. The maximum Gasteiger partial charge on any atom is 0.181 e. The first kappa shape index (κ1) is 17.8. The molecular weight excluding hydrogens is 305 g/mol. The number of nitriles is 1. The van der Waals surface area contributed by atoms with Crippen molar-refractivity contribution in [2.75, 3.05) is 6.61 Å². The molecule has 0 aliphatic heterocycles. The molecule has 0 saturated heterocycles. The summed E-state index contributed by atoms with van der Waals surface area (Å²) in [5.41, 5.74) is 1.65. The number of ether oxygens (including phenoxy) is 2. The highest BCUT2D eigenvalue weighted by Gasteiger charge is 2.07. The second kappa shape index (κ2) is 8.93. The van der Waals surface area contributed by atoms with Gasteiger partial charge in [0.25, 0.3) is 0 Å². The van der Waals surface area contributed by atoms with Crippen LogP contribution >= 0.6 is 0 Å². The molecule has 0 amide bonds. The molecule has 3 nitrogen and oxygen atoms in total. The summed E-state index contributed by atoms with van der Waals surface area (Å²) in [5, 5.41) is 8.75. The Bertz CT molecular complexity index is 692. The minimum absolute atomic E-state index is 0.289. The summed E-state index contributed by atoms with van der Waals surface area (Å²) in [6.07, 6.45) is 2.62. The molecule has 0 heterocycles. The summed E-state index contributed by atoms with van der Waals surface area (Å²) < 4.78 is 25.0. The van der Waals surface area contributed by atoms with Gasteiger partial charge in [0.1, 0.15) is 11.8 Å². The molecule has 0 N–H and O–H groups in total. The predicted molar refractivity (Wildman–Crippen MR) is 92.6 cm³/mol. The van der Waals surface area contributed by atoms with Crippen LogP contribution in [0, 0.1) is 17.1 Å². The van der Waals surface area contributed by atoms with E-state index in [-0.39, 0.29) is 11.6 Å². The molecule has 0 radical (unpaired) electrons. The Morgan fingerprint density at radius 1 is 1.08 bits per heavy atom. The van der Waals surface area contributed by atoms with Crippen LogP contribution in [0.3, 0.4) is 0 Å². The molecule has 2 rings (SSSR count). The van der Waals surface area contributed by atoms with Gasteiger partial charge in [-0.3, -0.25) is 0 Å². The van der Waals surface area contributed by atoms with Crippen LogP contribution in [0.4, 0.5) is 4.39 Å². The maximum absolute atomic E-state index is 14.2. The van der Waals surface area contributed by atoms with Gasteiger partial charge in [0, 0.05) is 0 Å². The van der Waals surface area contributed by atoms with E-state index >= 15 is 0 Å². The molecule has 0 spiro atoms. The van der Waals surface area contributed by atoms with Crippen LogP contribution in [0.1, 0.15) is 33.1 Å². The highest BCUT2D eigenvalue weighted by atomic mass is 19.1. The quantitative estimate of drug-likeness (QED) is 0.614. The smallest absolute Gasteiger partial charge is 0.181 e. The Morgan fingerprint density at radius 3 is 2.42 bits per heavy atom. The maximum atomic E-state index is 14.2. The normalized spacial score (nSPS) is 11.6. The standard InChI is InChI=1S/C20H22FNO2/c1-3-4-5-12-23-20-11-8-17(13-19(20)21)16-6-9-18(10-7-16)24-15(2)14-22/h6-11,13,15H,3-5,12H2,1-2H3. The van der Waals surface area contributed by atoms with Crippen molar-refractivity contribution in [2.45, 2.75) is 39.2 Å². The van der Waals surface area contributed by atoms with E-state index in [2.05, 4.69) is 6.92 Å². The SMILES string of the molecule is CCCCCOc1ccc(-c2ccc(OC(C)C#N)cc2)cc1F. The largest absolute Gasteiger partial charge is 0.491 e.